The number of aryl methyl sites for hydroxylation is 2. The van der Waals surface area contributed by atoms with Crippen LogP contribution in [0, 0.1) is 0 Å². The molecule has 0 atom stereocenters. The largest absolute Gasteiger partial charge is 0.397 e. The maximum Gasteiger partial charge on any atom is 0.267 e. The van der Waals surface area contributed by atoms with Crippen LogP contribution in [0.15, 0.2) is 35.2 Å². The molecular weight excluding hydrogens is 350 g/mol. The van der Waals surface area contributed by atoms with Crippen LogP contribution in [0.5, 0.6) is 0 Å². The van der Waals surface area contributed by atoms with Gasteiger partial charge in [-0.15, -0.1) is 23.1 Å². The zero-order chi connectivity index (χ0) is 17.4. The summed E-state index contributed by atoms with van der Waals surface area (Å²) in [6.07, 6.45) is 6.48. The molecule has 1 aliphatic rings. The van der Waals surface area contributed by atoms with E-state index < -0.39 is 0 Å². The predicted octanol–water partition coefficient (Wildman–Crippen LogP) is 4.73. The molecule has 0 fully saturated rings. The molecule has 1 aromatic carbocycles. The van der Waals surface area contributed by atoms with E-state index in [1.165, 1.54) is 35.4 Å². The van der Waals surface area contributed by atoms with Gasteiger partial charge in [-0.05, 0) is 67.8 Å². The van der Waals surface area contributed by atoms with Crippen LogP contribution in [-0.4, -0.2) is 17.1 Å². The summed E-state index contributed by atoms with van der Waals surface area (Å²) >= 11 is 3.05. The van der Waals surface area contributed by atoms with E-state index >= 15 is 0 Å². The van der Waals surface area contributed by atoms with Gasteiger partial charge in [0.1, 0.15) is 9.71 Å². The second-order valence-electron chi connectivity index (χ2n) is 6.18. The fourth-order valence-electron chi connectivity index (χ4n) is 3.19. The second kappa shape index (κ2) is 6.69. The lowest BCUT2D eigenvalue weighted by Crippen LogP contribution is -2.11. The number of nitrogens with two attached hydrogens (primary N) is 1. The molecule has 0 saturated carbocycles. The van der Waals surface area contributed by atoms with Gasteiger partial charge in [0.05, 0.1) is 5.69 Å². The summed E-state index contributed by atoms with van der Waals surface area (Å²) in [7, 11) is 0. The lowest BCUT2D eigenvalue weighted by molar-refractivity contribution is 0.103. The van der Waals surface area contributed by atoms with Gasteiger partial charge in [0.15, 0.2) is 0 Å². The van der Waals surface area contributed by atoms with Gasteiger partial charge in [-0.1, -0.05) is 0 Å². The van der Waals surface area contributed by atoms with Crippen molar-refractivity contribution >= 4 is 50.6 Å². The van der Waals surface area contributed by atoms with Gasteiger partial charge < -0.3 is 11.1 Å². The Morgan fingerprint density at radius 3 is 2.76 bits per heavy atom. The maximum absolute atomic E-state index is 12.7. The number of pyridine rings is 1. The number of amides is 1. The zero-order valence-electron chi connectivity index (χ0n) is 14.0. The number of nitrogens with one attached hydrogen (secondary N) is 1. The maximum atomic E-state index is 12.7. The third kappa shape index (κ3) is 3.12. The minimum absolute atomic E-state index is 0.171. The second-order valence-corrected chi connectivity index (χ2v) is 8.06. The third-order valence-corrected chi connectivity index (χ3v) is 6.41. The molecule has 128 valence electrons. The summed E-state index contributed by atoms with van der Waals surface area (Å²) in [6, 6.07) is 9.93. The Bertz CT molecular complexity index is 947. The number of aromatic nitrogens is 1. The van der Waals surface area contributed by atoms with Gasteiger partial charge in [-0.25, -0.2) is 4.98 Å². The highest BCUT2D eigenvalue weighted by atomic mass is 32.2. The molecule has 2 heterocycles. The summed E-state index contributed by atoms with van der Waals surface area (Å²) in [5.41, 5.74) is 10.0. The summed E-state index contributed by atoms with van der Waals surface area (Å²) in [5, 5.41) is 3.85. The molecule has 0 saturated heterocycles. The number of carbonyl (C=O) groups is 1. The van der Waals surface area contributed by atoms with Gasteiger partial charge in [0.2, 0.25) is 0 Å². The highest BCUT2D eigenvalue weighted by Gasteiger charge is 2.20. The fraction of sp³-hybridized carbons (Fsp3) is 0.263. The van der Waals surface area contributed by atoms with Gasteiger partial charge >= 0.3 is 0 Å². The van der Waals surface area contributed by atoms with Gasteiger partial charge in [0.25, 0.3) is 5.91 Å². The van der Waals surface area contributed by atoms with E-state index in [0.29, 0.717) is 10.6 Å². The quantitative estimate of drug-likeness (QED) is 0.655. The lowest BCUT2D eigenvalue weighted by atomic mass is 9.95. The minimum atomic E-state index is -0.171. The Hall–Kier alpha value is -2.05. The van der Waals surface area contributed by atoms with Crippen molar-refractivity contribution < 1.29 is 4.79 Å². The van der Waals surface area contributed by atoms with Crippen molar-refractivity contribution in [1.82, 2.24) is 4.98 Å². The number of thiophene rings is 1. The van der Waals surface area contributed by atoms with Crippen molar-refractivity contribution in [2.24, 2.45) is 0 Å². The molecule has 4 rings (SSSR count). The first-order chi connectivity index (χ1) is 12.2. The van der Waals surface area contributed by atoms with Crippen LogP contribution in [0.3, 0.4) is 0 Å². The number of hydrogen-bond acceptors (Lipinski definition) is 5. The smallest absolute Gasteiger partial charge is 0.267 e. The molecule has 3 N–H and O–H groups in total. The standard InChI is InChI=1S/C19H19N3OS2/c1-24-13-8-6-12(7-9-13)21-18(23)17-16(20)14-10-11-4-2-3-5-15(11)22-19(14)25-17/h6-10H,2-5,20H2,1H3,(H,21,23). The van der Waals surface area contributed by atoms with Crippen molar-refractivity contribution in [2.75, 3.05) is 17.3 Å². The third-order valence-electron chi connectivity index (χ3n) is 4.55. The molecule has 3 aromatic rings. The summed E-state index contributed by atoms with van der Waals surface area (Å²) in [5.74, 6) is -0.171. The minimum Gasteiger partial charge on any atom is -0.397 e. The van der Waals surface area contributed by atoms with Crippen LogP contribution in [0.4, 0.5) is 11.4 Å². The van der Waals surface area contributed by atoms with Crippen molar-refractivity contribution in [3.05, 3.63) is 46.5 Å². The van der Waals surface area contributed by atoms with Crippen LogP contribution in [-0.2, 0) is 12.8 Å². The molecular formula is C19H19N3OS2. The lowest BCUT2D eigenvalue weighted by Gasteiger charge is -2.14. The molecule has 0 aliphatic heterocycles. The average Bonchev–Trinajstić information content (AvgIpc) is 2.96. The predicted molar refractivity (Wildman–Crippen MR) is 107 cm³/mol. The van der Waals surface area contributed by atoms with Gasteiger partial charge in [0, 0.05) is 21.7 Å². The molecule has 4 nitrogen and oxygen atoms in total. The van der Waals surface area contributed by atoms with E-state index in [1.54, 1.807) is 11.8 Å². The molecule has 0 bridgehead atoms. The summed E-state index contributed by atoms with van der Waals surface area (Å²) in [6.45, 7) is 0. The molecule has 6 heteroatoms. The van der Waals surface area contributed by atoms with E-state index in [4.69, 9.17) is 10.7 Å². The van der Waals surface area contributed by atoms with Crippen LogP contribution < -0.4 is 11.1 Å². The first-order valence-corrected chi connectivity index (χ1v) is 10.4. The monoisotopic (exact) mass is 369 g/mol. The first-order valence-electron chi connectivity index (χ1n) is 8.32. The van der Waals surface area contributed by atoms with E-state index in [2.05, 4.69) is 11.4 Å². The van der Waals surface area contributed by atoms with Crippen LogP contribution in [0.25, 0.3) is 10.2 Å². The summed E-state index contributed by atoms with van der Waals surface area (Å²) in [4.78, 5) is 20.0. The van der Waals surface area contributed by atoms with Crippen molar-refractivity contribution in [3.63, 3.8) is 0 Å². The molecule has 1 aliphatic carbocycles. The molecule has 0 spiro atoms. The highest BCUT2D eigenvalue weighted by Crippen LogP contribution is 2.35. The average molecular weight is 370 g/mol. The van der Waals surface area contributed by atoms with Crippen molar-refractivity contribution in [1.29, 1.82) is 0 Å². The molecule has 25 heavy (non-hydrogen) atoms. The topological polar surface area (TPSA) is 68.0 Å². The Balaban J connectivity index is 1.65. The SMILES string of the molecule is CSc1ccc(NC(=O)c2sc3nc4c(cc3c2N)CCCC4)cc1. The zero-order valence-corrected chi connectivity index (χ0v) is 15.6. The van der Waals surface area contributed by atoms with Crippen molar-refractivity contribution in [3.8, 4) is 0 Å². The van der Waals surface area contributed by atoms with Gasteiger partial charge in [-0.2, -0.15) is 0 Å². The molecule has 0 unspecified atom stereocenters. The summed E-state index contributed by atoms with van der Waals surface area (Å²) < 4.78 is 0. The number of rotatable bonds is 3. The van der Waals surface area contributed by atoms with Crippen LogP contribution in [0.2, 0.25) is 0 Å². The number of nitrogens with zero attached hydrogens (tertiary/aromatic N) is 1. The van der Waals surface area contributed by atoms with Gasteiger partial charge in [-0.3, -0.25) is 4.79 Å². The number of hydrogen-bond donors (Lipinski definition) is 2. The highest BCUT2D eigenvalue weighted by molar-refractivity contribution is 7.98. The first kappa shape index (κ1) is 16.4. The van der Waals surface area contributed by atoms with E-state index in [0.717, 1.165) is 33.6 Å². The fourth-order valence-corrected chi connectivity index (χ4v) is 4.59. The Labute approximate surface area is 154 Å². The Kier molecular flexibility index (Phi) is 4.39. The van der Waals surface area contributed by atoms with E-state index in [1.807, 2.05) is 30.5 Å². The number of carbonyl (C=O) groups excluding carboxylic acids is 1. The number of thioether (sulfide) groups is 1. The number of anilines is 2. The number of nitrogen functional groups attached to an aromatic ring is 1. The van der Waals surface area contributed by atoms with E-state index in [9.17, 15) is 4.79 Å². The Morgan fingerprint density at radius 2 is 2.00 bits per heavy atom. The van der Waals surface area contributed by atoms with E-state index in [-0.39, 0.29) is 5.91 Å². The molecule has 2 aromatic heterocycles. The number of benzene rings is 1. The number of fused-ring (bicyclic) bond motifs is 2. The normalized spacial score (nSPS) is 13.6. The molecule has 0 radical (unpaired) electrons. The van der Waals surface area contributed by atoms with Crippen LogP contribution in [0.1, 0.15) is 33.8 Å². The Morgan fingerprint density at radius 1 is 1.24 bits per heavy atom. The van der Waals surface area contributed by atoms with Crippen LogP contribution >= 0.6 is 23.1 Å². The van der Waals surface area contributed by atoms with Crippen molar-refractivity contribution in [2.45, 2.75) is 30.6 Å². The molecule has 1 amide bonds.